The predicted octanol–water partition coefficient (Wildman–Crippen LogP) is 6.40. The van der Waals surface area contributed by atoms with E-state index in [0.717, 1.165) is 50.2 Å². The minimum absolute atomic E-state index is 0.271. The van der Waals surface area contributed by atoms with Gasteiger partial charge >= 0.3 is 6.09 Å². The molecule has 0 spiro atoms. The van der Waals surface area contributed by atoms with Gasteiger partial charge in [-0.3, -0.25) is 14.8 Å². The van der Waals surface area contributed by atoms with Crippen LogP contribution in [0, 0.1) is 20.8 Å². The summed E-state index contributed by atoms with van der Waals surface area (Å²) in [4.78, 5) is 31.9. The molecule has 4 N–H and O–H groups in total. The van der Waals surface area contributed by atoms with Gasteiger partial charge in [-0.1, -0.05) is 35.9 Å². The van der Waals surface area contributed by atoms with Crippen LogP contribution in [0.25, 0.3) is 22.0 Å². The zero-order valence-electron chi connectivity index (χ0n) is 21.6. The average molecular weight is 532 g/mol. The van der Waals surface area contributed by atoms with Gasteiger partial charge in [-0.05, 0) is 74.6 Å². The van der Waals surface area contributed by atoms with E-state index in [1.54, 1.807) is 12.3 Å². The zero-order valence-corrected chi connectivity index (χ0v) is 22.3. The van der Waals surface area contributed by atoms with E-state index in [4.69, 9.17) is 16.7 Å². The number of benzene rings is 2. The highest BCUT2D eigenvalue weighted by atomic mass is 35.5. The van der Waals surface area contributed by atoms with Crippen molar-refractivity contribution in [3.63, 3.8) is 0 Å². The lowest BCUT2D eigenvalue weighted by Gasteiger charge is -2.16. The second-order valence-electron chi connectivity index (χ2n) is 9.19. The Bertz CT molecular complexity index is 1490. The molecule has 4 aromatic rings. The molecule has 4 rings (SSSR count). The van der Waals surface area contributed by atoms with E-state index in [-0.39, 0.29) is 5.91 Å². The third-order valence-electron chi connectivity index (χ3n) is 6.24. The number of halogens is 1. The van der Waals surface area contributed by atoms with Gasteiger partial charge in [0.2, 0.25) is 0 Å². The van der Waals surface area contributed by atoms with Crippen molar-refractivity contribution in [2.24, 2.45) is 0 Å². The lowest BCUT2D eigenvalue weighted by molar-refractivity contribution is 0.0948. The van der Waals surface area contributed by atoms with Crippen LogP contribution in [0.2, 0.25) is 5.02 Å². The lowest BCUT2D eigenvalue weighted by atomic mass is 10.0. The van der Waals surface area contributed by atoms with Gasteiger partial charge in [0.25, 0.3) is 5.91 Å². The average Bonchev–Trinajstić information content (AvgIpc) is 2.90. The van der Waals surface area contributed by atoms with Crippen LogP contribution in [0.5, 0.6) is 0 Å². The van der Waals surface area contributed by atoms with Crippen molar-refractivity contribution in [3.05, 3.63) is 82.3 Å². The molecule has 38 heavy (non-hydrogen) atoms. The molecule has 0 bridgehead atoms. The molecular formula is C29H30ClN5O3. The van der Waals surface area contributed by atoms with Gasteiger partial charge in [0.15, 0.2) is 0 Å². The summed E-state index contributed by atoms with van der Waals surface area (Å²) in [6.07, 6.45) is 1.93. The van der Waals surface area contributed by atoms with Crippen LogP contribution in [0.3, 0.4) is 0 Å². The second-order valence-corrected chi connectivity index (χ2v) is 9.57. The summed E-state index contributed by atoms with van der Waals surface area (Å²) >= 11 is 6.74. The number of hydrogen-bond donors (Lipinski definition) is 4. The third-order valence-corrected chi connectivity index (χ3v) is 6.70. The molecule has 0 fully saturated rings. The highest BCUT2D eigenvalue weighted by Gasteiger charge is 2.14. The smallest absolute Gasteiger partial charge is 0.404 e. The number of aromatic nitrogens is 2. The fourth-order valence-electron chi connectivity index (χ4n) is 4.11. The van der Waals surface area contributed by atoms with Crippen molar-refractivity contribution >= 4 is 45.9 Å². The number of amides is 2. The van der Waals surface area contributed by atoms with Crippen molar-refractivity contribution in [1.82, 2.24) is 20.6 Å². The van der Waals surface area contributed by atoms with Crippen LogP contribution in [0.4, 0.5) is 16.2 Å². The fourth-order valence-corrected chi connectivity index (χ4v) is 4.30. The molecule has 2 heterocycles. The molecule has 2 aromatic heterocycles. The van der Waals surface area contributed by atoms with Crippen LogP contribution < -0.4 is 16.0 Å². The third kappa shape index (κ3) is 6.39. The van der Waals surface area contributed by atoms with Gasteiger partial charge in [0.1, 0.15) is 5.69 Å². The number of nitrogens with zero attached hydrogens (tertiary/aromatic N) is 2. The van der Waals surface area contributed by atoms with Crippen molar-refractivity contribution in [1.29, 1.82) is 0 Å². The number of pyridine rings is 2. The first-order valence-electron chi connectivity index (χ1n) is 12.4. The second kappa shape index (κ2) is 11.9. The first kappa shape index (κ1) is 26.9. The van der Waals surface area contributed by atoms with Gasteiger partial charge in [-0.25, -0.2) is 4.79 Å². The molecule has 0 atom stereocenters. The quantitative estimate of drug-likeness (QED) is 0.186. The summed E-state index contributed by atoms with van der Waals surface area (Å²) in [5.74, 6) is -0.271. The lowest BCUT2D eigenvalue weighted by Crippen LogP contribution is -2.27. The van der Waals surface area contributed by atoms with E-state index in [0.29, 0.717) is 36.6 Å². The maximum Gasteiger partial charge on any atom is 0.404 e. The number of carboxylic acid groups (broad SMARTS) is 1. The maximum atomic E-state index is 12.4. The van der Waals surface area contributed by atoms with E-state index in [1.807, 2.05) is 31.2 Å². The Kier molecular flexibility index (Phi) is 8.43. The first-order chi connectivity index (χ1) is 18.2. The fraction of sp³-hybridized carbons (Fsp3) is 0.241. The molecular weight excluding hydrogens is 502 g/mol. The number of fused-ring (bicyclic) bond motifs is 1. The van der Waals surface area contributed by atoms with Crippen LogP contribution >= 0.6 is 11.6 Å². The Labute approximate surface area is 226 Å². The van der Waals surface area contributed by atoms with Gasteiger partial charge in [0, 0.05) is 35.9 Å². The SMILES string of the molecule is Cc1ccc(C)c(Nc2c(Cl)c(C)nc3ccc(-c4ccc(C(=O)NCCCCNC(=O)O)nc4)cc23)c1. The number of anilines is 2. The van der Waals surface area contributed by atoms with Gasteiger partial charge in [-0.15, -0.1) is 0 Å². The van der Waals surface area contributed by atoms with Crippen molar-refractivity contribution in [2.75, 3.05) is 18.4 Å². The number of nitrogens with one attached hydrogen (secondary N) is 3. The normalized spacial score (nSPS) is 10.8. The van der Waals surface area contributed by atoms with E-state index in [9.17, 15) is 9.59 Å². The van der Waals surface area contributed by atoms with Crippen LogP contribution in [-0.4, -0.2) is 40.2 Å². The molecule has 2 amide bonds. The highest BCUT2D eigenvalue weighted by molar-refractivity contribution is 6.35. The minimum Gasteiger partial charge on any atom is -0.465 e. The molecule has 0 radical (unpaired) electrons. The summed E-state index contributed by atoms with van der Waals surface area (Å²) in [5, 5.41) is 18.7. The highest BCUT2D eigenvalue weighted by Crippen LogP contribution is 2.37. The summed E-state index contributed by atoms with van der Waals surface area (Å²) in [6.45, 7) is 6.79. The van der Waals surface area contributed by atoms with E-state index < -0.39 is 6.09 Å². The Hall–Kier alpha value is -4.17. The Balaban J connectivity index is 1.54. The largest absolute Gasteiger partial charge is 0.465 e. The Morgan fingerprint density at radius 3 is 2.37 bits per heavy atom. The van der Waals surface area contributed by atoms with Gasteiger partial charge in [-0.2, -0.15) is 0 Å². The summed E-state index contributed by atoms with van der Waals surface area (Å²) in [6, 6.07) is 15.8. The monoisotopic (exact) mass is 531 g/mol. The standard InChI is InChI=1S/C29H30ClN5O3/c1-17-6-7-18(2)25(14-17)35-27-22-15-20(8-10-23(22)34-19(3)26(27)30)21-9-11-24(33-16-21)28(36)31-12-4-5-13-32-29(37)38/h6-11,14-16,32H,4-5,12-13H2,1-3H3,(H,31,36)(H,34,35)(H,37,38). The Morgan fingerprint density at radius 2 is 1.66 bits per heavy atom. The molecule has 0 aliphatic heterocycles. The van der Waals surface area contributed by atoms with Crippen molar-refractivity contribution < 1.29 is 14.7 Å². The van der Waals surface area contributed by atoms with E-state index >= 15 is 0 Å². The molecule has 9 heteroatoms. The maximum absolute atomic E-state index is 12.4. The molecule has 0 aliphatic rings. The van der Waals surface area contributed by atoms with Gasteiger partial charge < -0.3 is 21.1 Å². The Morgan fingerprint density at radius 1 is 0.921 bits per heavy atom. The zero-order chi connectivity index (χ0) is 27.2. The molecule has 0 saturated carbocycles. The van der Waals surface area contributed by atoms with Crippen LogP contribution in [0.15, 0.2) is 54.7 Å². The molecule has 0 aliphatic carbocycles. The summed E-state index contributed by atoms with van der Waals surface area (Å²) in [7, 11) is 0. The van der Waals surface area contributed by atoms with Crippen LogP contribution in [-0.2, 0) is 0 Å². The van der Waals surface area contributed by atoms with Crippen molar-refractivity contribution in [3.8, 4) is 11.1 Å². The summed E-state index contributed by atoms with van der Waals surface area (Å²) in [5.41, 5.74) is 7.71. The topological polar surface area (TPSA) is 116 Å². The first-order valence-corrected chi connectivity index (χ1v) is 12.8. The number of rotatable bonds is 9. The van der Waals surface area contributed by atoms with Gasteiger partial charge in [0.05, 0.1) is 21.9 Å². The molecule has 0 saturated heterocycles. The molecule has 196 valence electrons. The van der Waals surface area contributed by atoms with Crippen molar-refractivity contribution in [2.45, 2.75) is 33.6 Å². The number of unbranched alkanes of at least 4 members (excludes halogenated alkanes) is 1. The molecule has 0 unspecified atom stereocenters. The molecule has 8 nitrogen and oxygen atoms in total. The predicted molar refractivity (Wildman–Crippen MR) is 152 cm³/mol. The number of hydrogen-bond acceptors (Lipinski definition) is 5. The number of aryl methyl sites for hydroxylation is 3. The van der Waals surface area contributed by atoms with E-state index in [2.05, 4.69) is 58.0 Å². The summed E-state index contributed by atoms with van der Waals surface area (Å²) < 4.78 is 0. The number of carbonyl (C=O) groups is 2. The minimum atomic E-state index is -1.05. The van der Waals surface area contributed by atoms with E-state index in [1.165, 1.54) is 0 Å². The molecule has 2 aromatic carbocycles. The van der Waals surface area contributed by atoms with Crippen LogP contribution in [0.1, 0.15) is 40.2 Å². The number of carbonyl (C=O) groups excluding carboxylic acids is 1.